The summed E-state index contributed by atoms with van der Waals surface area (Å²) in [6.07, 6.45) is 2.57. The standard InChI is InChI=1S/C23H24N2O5/c26-23(21-11-13-29-25-21)24-22(14-18-10-12-27-15-18)28-16-17-6-8-20(9-7-17)30-19-4-2-1-3-5-19/h1-9,11,13,18,22H,10,12,14-16H2,(H,24,26). The Kier molecular flexibility index (Phi) is 6.74. The predicted octanol–water partition coefficient (Wildman–Crippen LogP) is 4.17. The molecule has 1 amide bonds. The molecule has 156 valence electrons. The summed E-state index contributed by atoms with van der Waals surface area (Å²) >= 11 is 0. The molecule has 1 aromatic heterocycles. The molecule has 1 aliphatic rings. The van der Waals surface area contributed by atoms with Crippen molar-refractivity contribution in [2.24, 2.45) is 5.92 Å². The SMILES string of the molecule is O=C(NC(CC1CCOC1)OCc1ccc(Oc2ccccc2)cc1)c1ccon1. The molecule has 7 heteroatoms. The molecule has 0 aliphatic carbocycles. The van der Waals surface area contributed by atoms with Crippen LogP contribution in [-0.2, 0) is 16.1 Å². The highest BCUT2D eigenvalue weighted by Crippen LogP contribution is 2.23. The fraction of sp³-hybridized carbons (Fsp3) is 0.304. The highest BCUT2D eigenvalue weighted by atomic mass is 16.5. The van der Waals surface area contributed by atoms with Crippen molar-refractivity contribution < 1.29 is 23.5 Å². The zero-order chi connectivity index (χ0) is 20.6. The molecule has 30 heavy (non-hydrogen) atoms. The van der Waals surface area contributed by atoms with E-state index in [9.17, 15) is 4.79 Å². The van der Waals surface area contributed by atoms with Gasteiger partial charge in [-0.1, -0.05) is 35.5 Å². The second-order valence-corrected chi connectivity index (χ2v) is 7.18. The van der Waals surface area contributed by atoms with Gasteiger partial charge in [0, 0.05) is 19.3 Å². The van der Waals surface area contributed by atoms with Gasteiger partial charge >= 0.3 is 0 Å². The lowest BCUT2D eigenvalue weighted by Gasteiger charge is -2.21. The van der Waals surface area contributed by atoms with Gasteiger partial charge in [-0.15, -0.1) is 0 Å². The van der Waals surface area contributed by atoms with Gasteiger partial charge in [-0.25, -0.2) is 0 Å². The minimum Gasteiger partial charge on any atom is -0.457 e. The van der Waals surface area contributed by atoms with Crippen LogP contribution in [0.3, 0.4) is 0 Å². The highest BCUT2D eigenvalue weighted by Gasteiger charge is 2.23. The van der Waals surface area contributed by atoms with Gasteiger partial charge in [0.15, 0.2) is 5.69 Å². The van der Waals surface area contributed by atoms with Crippen molar-refractivity contribution in [3.05, 3.63) is 78.2 Å². The third-order valence-electron chi connectivity index (χ3n) is 4.89. The zero-order valence-corrected chi connectivity index (χ0v) is 16.5. The van der Waals surface area contributed by atoms with Crippen molar-refractivity contribution in [2.45, 2.75) is 25.7 Å². The summed E-state index contributed by atoms with van der Waals surface area (Å²) in [6.45, 7) is 1.80. The van der Waals surface area contributed by atoms with Crippen molar-refractivity contribution in [3.8, 4) is 11.5 Å². The summed E-state index contributed by atoms with van der Waals surface area (Å²) in [6, 6.07) is 18.9. The molecular formula is C23H24N2O5. The molecule has 2 aromatic carbocycles. The Hall–Kier alpha value is -3.16. The van der Waals surface area contributed by atoms with E-state index >= 15 is 0 Å². The first-order valence-electron chi connectivity index (χ1n) is 9.99. The molecule has 0 spiro atoms. The van der Waals surface area contributed by atoms with E-state index in [0.717, 1.165) is 30.1 Å². The average Bonchev–Trinajstić information content (AvgIpc) is 3.48. The molecule has 0 radical (unpaired) electrons. The van der Waals surface area contributed by atoms with Crippen molar-refractivity contribution in [3.63, 3.8) is 0 Å². The van der Waals surface area contributed by atoms with Crippen LogP contribution >= 0.6 is 0 Å². The lowest BCUT2D eigenvalue weighted by atomic mass is 10.0. The summed E-state index contributed by atoms with van der Waals surface area (Å²) in [7, 11) is 0. The molecule has 0 saturated carbocycles. The van der Waals surface area contributed by atoms with Crippen LogP contribution in [0.1, 0.15) is 28.9 Å². The Morgan fingerprint density at radius 2 is 1.90 bits per heavy atom. The first-order valence-corrected chi connectivity index (χ1v) is 9.99. The lowest BCUT2D eigenvalue weighted by molar-refractivity contribution is 0.00253. The van der Waals surface area contributed by atoms with Crippen molar-refractivity contribution in [1.82, 2.24) is 10.5 Å². The number of nitrogens with zero attached hydrogens (tertiary/aromatic N) is 1. The Bertz CT molecular complexity index is 907. The Morgan fingerprint density at radius 1 is 1.10 bits per heavy atom. The van der Waals surface area contributed by atoms with Crippen LogP contribution in [0.5, 0.6) is 11.5 Å². The fourth-order valence-corrected chi connectivity index (χ4v) is 3.27. The van der Waals surface area contributed by atoms with Gasteiger partial charge < -0.3 is 24.1 Å². The first kappa shape index (κ1) is 20.1. The molecule has 4 rings (SSSR count). The summed E-state index contributed by atoms with van der Waals surface area (Å²) in [5, 5.41) is 6.58. The van der Waals surface area contributed by atoms with Crippen LogP contribution in [0.25, 0.3) is 0 Å². The molecule has 1 aliphatic heterocycles. The van der Waals surface area contributed by atoms with E-state index in [1.807, 2.05) is 54.6 Å². The Labute approximate surface area is 174 Å². The van der Waals surface area contributed by atoms with E-state index in [1.165, 1.54) is 12.3 Å². The smallest absolute Gasteiger partial charge is 0.275 e. The Balaban J connectivity index is 1.34. The van der Waals surface area contributed by atoms with E-state index in [4.69, 9.17) is 18.7 Å². The summed E-state index contributed by atoms with van der Waals surface area (Å²) in [5.74, 6) is 1.58. The number of rotatable bonds is 9. The highest BCUT2D eigenvalue weighted by molar-refractivity contribution is 5.92. The van der Waals surface area contributed by atoms with E-state index < -0.39 is 6.23 Å². The van der Waals surface area contributed by atoms with E-state index in [1.54, 1.807) is 0 Å². The quantitative estimate of drug-likeness (QED) is 0.535. The predicted molar refractivity (Wildman–Crippen MR) is 109 cm³/mol. The topological polar surface area (TPSA) is 82.8 Å². The van der Waals surface area contributed by atoms with Gasteiger partial charge in [-0.3, -0.25) is 4.79 Å². The van der Waals surface area contributed by atoms with Crippen LogP contribution in [0, 0.1) is 5.92 Å². The largest absolute Gasteiger partial charge is 0.457 e. The molecule has 3 aromatic rings. The Morgan fingerprint density at radius 3 is 2.60 bits per heavy atom. The maximum absolute atomic E-state index is 12.4. The van der Waals surface area contributed by atoms with E-state index in [0.29, 0.717) is 25.6 Å². The summed E-state index contributed by atoms with van der Waals surface area (Å²) in [5.41, 5.74) is 1.22. The fourth-order valence-electron chi connectivity index (χ4n) is 3.27. The van der Waals surface area contributed by atoms with Crippen LogP contribution in [0.4, 0.5) is 0 Å². The molecule has 2 unspecified atom stereocenters. The molecular weight excluding hydrogens is 384 g/mol. The first-order chi connectivity index (χ1) is 14.8. The number of amides is 1. The number of benzene rings is 2. The zero-order valence-electron chi connectivity index (χ0n) is 16.5. The number of ether oxygens (including phenoxy) is 3. The molecule has 2 heterocycles. The number of hydrogen-bond donors (Lipinski definition) is 1. The van der Waals surface area contributed by atoms with Gasteiger partial charge in [-0.2, -0.15) is 0 Å². The monoisotopic (exact) mass is 408 g/mol. The number of carbonyl (C=O) groups is 1. The summed E-state index contributed by atoms with van der Waals surface area (Å²) in [4.78, 5) is 12.4. The molecule has 0 bridgehead atoms. The van der Waals surface area contributed by atoms with Gasteiger partial charge in [0.2, 0.25) is 0 Å². The van der Waals surface area contributed by atoms with Crippen molar-refractivity contribution in [1.29, 1.82) is 0 Å². The maximum Gasteiger partial charge on any atom is 0.275 e. The number of carbonyl (C=O) groups excluding carboxylic acids is 1. The van der Waals surface area contributed by atoms with Crippen molar-refractivity contribution in [2.75, 3.05) is 13.2 Å². The number of aromatic nitrogens is 1. The van der Waals surface area contributed by atoms with Crippen molar-refractivity contribution >= 4 is 5.91 Å². The van der Waals surface area contributed by atoms with Gasteiger partial charge in [-0.05, 0) is 48.6 Å². The van der Waals surface area contributed by atoms with Crippen LogP contribution in [0.2, 0.25) is 0 Å². The molecule has 2 atom stereocenters. The minimum atomic E-state index is -0.443. The third kappa shape index (κ3) is 5.68. The van der Waals surface area contributed by atoms with Crippen LogP contribution in [-0.4, -0.2) is 30.5 Å². The average molecular weight is 408 g/mol. The number of para-hydroxylation sites is 1. The maximum atomic E-state index is 12.4. The van der Waals surface area contributed by atoms with Crippen LogP contribution < -0.4 is 10.1 Å². The minimum absolute atomic E-state index is 0.230. The van der Waals surface area contributed by atoms with E-state index in [2.05, 4.69) is 10.5 Å². The normalized spacial score (nSPS) is 16.9. The van der Waals surface area contributed by atoms with E-state index in [-0.39, 0.29) is 11.6 Å². The molecule has 1 fully saturated rings. The van der Waals surface area contributed by atoms with Crippen LogP contribution in [0.15, 0.2) is 71.4 Å². The van der Waals surface area contributed by atoms with Gasteiger partial charge in [0.1, 0.15) is 24.0 Å². The second kappa shape index (κ2) is 10.0. The third-order valence-corrected chi connectivity index (χ3v) is 4.89. The van der Waals surface area contributed by atoms with Gasteiger partial charge in [0.25, 0.3) is 5.91 Å². The lowest BCUT2D eigenvalue weighted by Crippen LogP contribution is -2.38. The molecule has 1 saturated heterocycles. The number of hydrogen-bond acceptors (Lipinski definition) is 6. The number of nitrogens with one attached hydrogen (secondary N) is 1. The molecule has 1 N–H and O–H groups in total. The molecule has 7 nitrogen and oxygen atoms in total. The summed E-state index contributed by atoms with van der Waals surface area (Å²) < 4.78 is 22.0. The van der Waals surface area contributed by atoms with Gasteiger partial charge in [0.05, 0.1) is 6.61 Å². The second-order valence-electron chi connectivity index (χ2n) is 7.18.